The van der Waals surface area contributed by atoms with Crippen molar-refractivity contribution in [1.82, 2.24) is 9.21 Å². The van der Waals surface area contributed by atoms with E-state index < -0.39 is 10.0 Å². The van der Waals surface area contributed by atoms with Gasteiger partial charge in [-0.3, -0.25) is 4.79 Å². The largest absolute Gasteiger partial charge is 0.338 e. The number of carbonyl (C=O) groups excluding carboxylic acids is 1. The van der Waals surface area contributed by atoms with Crippen LogP contribution >= 0.6 is 0 Å². The molecule has 0 aliphatic carbocycles. The molecule has 0 saturated carbocycles. The third kappa shape index (κ3) is 4.31. The first-order chi connectivity index (χ1) is 10.8. The van der Waals surface area contributed by atoms with Crippen molar-refractivity contribution in [2.75, 3.05) is 39.8 Å². The van der Waals surface area contributed by atoms with E-state index in [1.807, 2.05) is 20.9 Å². The van der Waals surface area contributed by atoms with E-state index in [1.54, 1.807) is 35.2 Å². The van der Waals surface area contributed by atoms with Crippen LogP contribution in [0.25, 0.3) is 0 Å². The van der Waals surface area contributed by atoms with Gasteiger partial charge in [-0.2, -0.15) is 4.31 Å². The number of amides is 1. The number of quaternary nitrogens is 1. The molecule has 23 heavy (non-hydrogen) atoms. The van der Waals surface area contributed by atoms with E-state index in [4.69, 9.17) is 0 Å². The van der Waals surface area contributed by atoms with Gasteiger partial charge in [-0.15, -0.1) is 0 Å². The molecule has 1 heterocycles. The summed E-state index contributed by atoms with van der Waals surface area (Å²) in [4.78, 5) is 15.3. The average molecular weight is 340 g/mol. The molecule has 6 nitrogen and oxygen atoms in total. The maximum Gasteiger partial charge on any atom is 0.277 e. The van der Waals surface area contributed by atoms with Crippen LogP contribution in [-0.2, 0) is 14.8 Å². The van der Waals surface area contributed by atoms with E-state index in [9.17, 15) is 13.2 Å². The Morgan fingerprint density at radius 1 is 1.22 bits per heavy atom. The highest BCUT2D eigenvalue weighted by atomic mass is 32.2. The molecule has 0 atom stereocenters. The number of nitrogens with zero attached hydrogens (tertiary/aromatic N) is 2. The summed E-state index contributed by atoms with van der Waals surface area (Å²) in [6, 6.07) is 8.69. The molecule has 1 aromatic rings. The summed E-state index contributed by atoms with van der Waals surface area (Å²) in [7, 11) is -1.61. The zero-order valence-corrected chi connectivity index (χ0v) is 14.8. The van der Waals surface area contributed by atoms with E-state index in [0.717, 1.165) is 4.90 Å². The lowest BCUT2D eigenvalue weighted by Crippen LogP contribution is -3.15. The van der Waals surface area contributed by atoms with Crippen molar-refractivity contribution in [2.24, 2.45) is 0 Å². The standard InChI is InChI=1S/C16H25N3O3S/c1-14(2)17(3)16(20)13-18-9-11-19(12-10-18)23(21,22)15-7-5-4-6-8-15/h4-8,14H,9-13H2,1-3H3/p+1. The van der Waals surface area contributed by atoms with Crippen LogP contribution in [0.15, 0.2) is 35.2 Å². The number of likely N-dealkylation sites (N-methyl/N-ethyl adjacent to an activating group) is 1. The number of benzene rings is 1. The second-order valence-electron chi connectivity index (χ2n) is 6.24. The van der Waals surface area contributed by atoms with Crippen LogP contribution in [0.1, 0.15) is 13.8 Å². The van der Waals surface area contributed by atoms with Gasteiger partial charge in [0.2, 0.25) is 10.0 Å². The summed E-state index contributed by atoms with van der Waals surface area (Å²) in [5.74, 6) is 0.106. The van der Waals surface area contributed by atoms with E-state index in [0.29, 0.717) is 37.6 Å². The molecule has 0 aromatic heterocycles. The van der Waals surface area contributed by atoms with Gasteiger partial charge < -0.3 is 9.80 Å². The number of sulfonamides is 1. The van der Waals surface area contributed by atoms with Gasteiger partial charge in [-0.05, 0) is 26.0 Å². The quantitative estimate of drug-likeness (QED) is 0.782. The Kier molecular flexibility index (Phi) is 5.78. The normalized spacial score (nSPS) is 17.4. The minimum atomic E-state index is -3.42. The van der Waals surface area contributed by atoms with Gasteiger partial charge >= 0.3 is 0 Å². The maximum atomic E-state index is 12.6. The molecule has 1 saturated heterocycles. The fourth-order valence-corrected chi connectivity index (χ4v) is 4.05. The van der Waals surface area contributed by atoms with Crippen molar-refractivity contribution in [3.63, 3.8) is 0 Å². The molecule has 0 spiro atoms. The molecule has 1 amide bonds. The summed E-state index contributed by atoms with van der Waals surface area (Å²) < 4.78 is 26.6. The zero-order chi connectivity index (χ0) is 17.0. The third-order valence-electron chi connectivity index (χ3n) is 4.38. The van der Waals surface area contributed by atoms with Crippen LogP contribution in [0, 0.1) is 0 Å². The minimum Gasteiger partial charge on any atom is -0.338 e. The number of hydrogen-bond acceptors (Lipinski definition) is 3. The van der Waals surface area contributed by atoms with E-state index in [-0.39, 0.29) is 11.9 Å². The lowest BCUT2D eigenvalue weighted by atomic mass is 10.3. The van der Waals surface area contributed by atoms with Crippen LogP contribution in [0.2, 0.25) is 0 Å². The van der Waals surface area contributed by atoms with E-state index in [2.05, 4.69) is 0 Å². The smallest absolute Gasteiger partial charge is 0.277 e. The molecule has 1 N–H and O–H groups in total. The Morgan fingerprint density at radius 2 is 1.78 bits per heavy atom. The lowest BCUT2D eigenvalue weighted by Gasteiger charge is -2.32. The predicted molar refractivity (Wildman–Crippen MR) is 88.7 cm³/mol. The van der Waals surface area contributed by atoms with Crippen molar-refractivity contribution in [2.45, 2.75) is 24.8 Å². The first-order valence-corrected chi connectivity index (χ1v) is 9.41. The summed E-state index contributed by atoms with van der Waals surface area (Å²) >= 11 is 0. The van der Waals surface area contributed by atoms with Gasteiger partial charge in [0.25, 0.3) is 5.91 Å². The molecule has 1 fully saturated rings. The molecule has 1 aliphatic rings. The highest BCUT2D eigenvalue weighted by Crippen LogP contribution is 2.14. The molecule has 0 unspecified atom stereocenters. The van der Waals surface area contributed by atoms with Gasteiger partial charge in [-0.1, -0.05) is 18.2 Å². The fourth-order valence-electron chi connectivity index (χ4n) is 2.59. The molecule has 1 aliphatic heterocycles. The molecule has 0 radical (unpaired) electrons. The van der Waals surface area contributed by atoms with Crippen LogP contribution in [0.4, 0.5) is 0 Å². The Bertz CT molecular complexity index is 623. The van der Waals surface area contributed by atoms with Crippen molar-refractivity contribution in [3.8, 4) is 0 Å². The van der Waals surface area contributed by atoms with Crippen LogP contribution < -0.4 is 4.90 Å². The van der Waals surface area contributed by atoms with Crippen molar-refractivity contribution in [1.29, 1.82) is 0 Å². The number of carbonyl (C=O) groups is 1. The van der Waals surface area contributed by atoms with Gasteiger partial charge in [0.15, 0.2) is 6.54 Å². The van der Waals surface area contributed by atoms with Crippen molar-refractivity contribution >= 4 is 15.9 Å². The molecule has 128 valence electrons. The van der Waals surface area contributed by atoms with Crippen molar-refractivity contribution < 1.29 is 18.1 Å². The predicted octanol–water partition coefficient (Wildman–Crippen LogP) is -0.557. The Balaban J connectivity index is 1.93. The molecule has 7 heteroatoms. The van der Waals surface area contributed by atoms with Crippen LogP contribution in [0.3, 0.4) is 0 Å². The Morgan fingerprint density at radius 3 is 2.30 bits per heavy atom. The van der Waals surface area contributed by atoms with E-state index in [1.165, 1.54) is 4.31 Å². The highest BCUT2D eigenvalue weighted by Gasteiger charge is 2.31. The second-order valence-corrected chi connectivity index (χ2v) is 8.18. The zero-order valence-electron chi connectivity index (χ0n) is 14.0. The number of piperazine rings is 1. The number of rotatable bonds is 5. The van der Waals surface area contributed by atoms with Gasteiger partial charge in [-0.25, -0.2) is 8.42 Å². The van der Waals surface area contributed by atoms with Gasteiger partial charge in [0.05, 0.1) is 31.1 Å². The summed E-state index contributed by atoms with van der Waals surface area (Å²) in [6.07, 6.45) is 0. The van der Waals surface area contributed by atoms with Gasteiger partial charge in [0.1, 0.15) is 0 Å². The first kappa shape index (κ1) is 17.9. The minimum absolute atomic E-state index is 0.106. The Hall–Kier alpha value is -1.44. The van der Waals surface area contributed by atoms with Crippen LogP contribution in [-0.4, -0.2) is 69.3 Å². The van der Waals surface area contributed by atoms with Crippen molar-refractivity contribution in [3.05, 3.63) is 30.3 Å². The summed E-state index contributed by atoms with van der Waals surface area (Å²) in [5.41, 5.74) is 0. The van der Waals surface area contributed by atoms with Crippen LogP contribution in [0.5, 0.6) is 0 Å². The summed E-state index contributed by atoms with van der Waals surface area (Å²) in [5, 5.41) is 0. The van der Waals surface area contributed by atoms with E-state index >= 15 is 0 Å². The van der Waals surface area contributed by atoms with Gasteiger partial charge in [0, 0.05) is 13.1 Å². The number of nitrogens with one attached hydrogen (secondary N) is 1. The molecule has 1 aromatic carbocycles. The molecular weight excluding hydrogens is 314 g/mol. The fraction of sp³-hybridized carbons (Fsp3) is 0.562. The average Bonchev–Trinajstić information content (AvgIpc) is 2.55. The molecule has 0 bridgehead atoms. The second kappa shape index (κ2) is 7.42. The monoisotopic (exact) mass is 340 g/mol. The highest BCUT2D eigenvalue weighted by molar-refractivity contribution is 7.89. The first-order valence-electron chi connectivity index (χ1n) is 7.97. The molecular formula is C16H26N3O3S+. The topological polar surface area (TPSA) is 62.1 Å². The summed E-state index contributed by atoms with van der Waals surface area (Å²) in [6.45, 7) is 6.60. The number of hydrogen-bond donors (Lipinski definition) is 1. The Labute approximate surface area is 138 Å². The maximum absolute atomic E-state index is 12.6. The SMILES string of the molecule is CC(C)N(C)C(=O)C[NH+]1CCN(S(=O)(=O)c2ccccc2)CC1. The third-order valence-corrected chi connectivity index (χ3v) is 6.29. The molecule has 2 rings (SSSR count). The lowest BCUT2D eigenvalue weighted by molar-refractivity contribution is -0.896.